The van der Waals surface area contributed by atoms with Gasteiger partial charge in [-0.05, 0) is 43.7 Å². The molecule has 0 saturated carbocycles. The molecule has 0 aliphatic heterocycles. The molecule has 2 heterocycles. The Morgan fingerprint density at radius 3 is 2.60 bits per heavy atom. The van der Waals surface area contributed by atoms with Gasteiger partial charge < -0.3 is 15.0 Å². The van der Waals surface area contributed by atoms with E-state index >= 15 is 0 Å². The van der Waals surface area contributed by atoms with E-state index in [1.165, 1.54) is 16.8 Å². The van der Waals surface area contributed by atoms with E-state index in [0.29, 0.717) is 17.0 Å². The first kappa shape index (κ1) is 24.2. The number of carbonyl (C=O) groups excluding carboxylic acids is 2. The van der Waals surface area contributed by atoms with Crippen molar-refractivity contribution in [2.45, 2.75) is 24.8 Å². The molecule has 35 heavy (non-hydrogen) atoms. The van der Waals surface area contributed by atoms with Crippen LogP contribution in [0.25, 0.3) is 22.2 Å². The van der Waals surface area contributed by atoms with Gasteiger partial charge in [0, 0.05) is 24.2 Å². The van der Waals surface area contributed by atoms with Crippen LogP contribution in [0.15, 0.2) is 65.7 Å². The van der Waals surface area contributed by atoms with Crippen molar-refractivity contribution in [2.75, 3.05) is 12.4 Å². The van der Waals surface area contributed by atoms with Gasteiger partial charge >= 0.3 is 5.97 Å². The summed E-state index contributed by atoms with van der Waals surface area (Å²) in [6, 6.07) is 15.3. The van der Waals surface area contributed by atoms with Gasteiger partial charge in [0.15, 0.2) is 15.6 Å². The molecule has 4 aromatic rings. The highest BCUT2D eigenvalue weighted by atomic mass is 32.2. The van der Waals surface area contributed by atoms with Crippen LogP contribution in [-0.4, -0.2) is 47.4 Å². The molecule has 1 amide bonds. The van der Waals surface area contributed by atoms with Crippen molar-refractivity contribution in [2.24, 2.45) is 7.05 Å². The molecule has 182 valence electrons. The maximum atomic E-state index is 13.0. The second-order valence-electron chi connectivity index (χ2n) is 8.11. The second kappa shape index (κ2) is 9.75. The highest BCUT2D eigenvalue weighted by Crippen LogP contribution is 2.27. The molecule has 0 aliphatic carbocycles. The Labute approximate surface area is 203 Å². The Morgan fingerprint density at radius 1 is 1.14 bits per heavy atom. The van der Waals surface area contributed by atoms with Crippen LogP contribution in [0.3, 0.4) is 0 Å². The van der Waals surface area contributed by atoms with Crippen molar-refractivity contribution in [3.05, 3.63) is 72.1 Å². The van der Waals surface area contributed by atoms with E-state index in [1.807, 2.05) is 30.5 Å². The summed E-state index contributed by atoms with van der Waals surface area (Å²) in [4.78, 5) is 27.8. The van der Waals surface area contributed by atoms with Crippen molar-refractivity contribution in [3.63, 3.8) is 0 Å². The lowest BCUT2D eigenvalue weighted by Crippen LogP contribution is -2.28. The second-order valence-corrected chi connectivity index (χ2v) is 10.1. The SMILES string of the molecule is CCOC(=O)CS(=O)(=O)c1ccc(C(C)NC(=O)c2cc(-c3cccc4cc[nH]c34)nn2C)cc1. The van der Waals surface area contributed by atoms with Crippen LogP contribution in [0.2, 0.25) is 0 Å². The third-order valence-corrected chi connectivity index (χ3v) is 7.28. The number of hydrogen-bond acceptors (Lipinski definition) is 6. The largest absolute Gasteiger partial charge is 0.465 e. The average Bonchev–Trinajstić information content (AvgIpc) is 3.45. The summed E-state index contributed by atoms with van der Waals surface area (Å²) in [6.45, 7) is 3.53. The van der Waals surface area contributed by atoms with E-state index in [-0.39, 0.29) is 17.4 Å². The number of aromatic amines is 1. The molecule has 0 spiro atoms. The Morgan fingerprint density at radius 2 is 1.89 bits per heavy atom. The molecular formula is C25H26N4O5S. The number of nitrogens with one attached hydrogen (secondary N) is 2. The molecule has 0 radical (unpaired) electrons. The quantitative estimate of drug-likeness (QED) is 0.362. The predicted molar refractivity (Wildman–Crippen MR) is 132 cm³/mol. The van der Waals surface area contributed by atoms with Gasteiger partial charge in [-0.2, -0.15) is 5.10 Å². The van der Waals surface area contributed by atoms with Crippen molar-refractivity contribution < 1.29 is 22.7 Å². The lowest BCUT2D eigenvalue weighted by Gasteiger charge is -2.15. The van der Waals surface area contributed by atoms with E-state index < -0.39 is 27.6 Å². The third-order valence-electron chi connectivity index (χ3n) is 5.68. The Hall–Kier alpha value is -3.92. The number of H-pyrrole nitrogens is 1. The van der Waals surface area contributed by atoms with Crippen molar-refractivity contribution >= 4 is 32.6 Å². The van der Waals surface area contributed by atoms with Crippen LogP contribution in [0.5, 0.6) is 0 Å². The number of para-hydroxylation sites is 1. The average molecular weight is 495 g/mol. The summed E-state index contributed by atoms with van der Waals surface area (Å²) in [5.41, 5.74) is 3.63. The van der Waals surface area contributed by atoms with E-state index in [0.717, 1.165) is 16.5 Å². The van der Waals surface area contributed by atoms with E-state index in [1.54, 1.807) is 39.1 Å². The lowest BCUT2D eigenvalue weighted by molar-refractivity contribution is -0.139. The fourth-order valence-electron chi connectivity index (χ4n) is 3.87. The molecule has 9 nitrogen and oxygen atoms in total. The maximum Gasteiger partial charge on any atom is 0.321 e. The van der Waals surface area contributed by atoms with Crippen LogP contribution in [0.1, 0.15) is 35.9 Å². The smallest absolute Gasteiger partial charge is 0.321 e. The summed E-state index contributed by atoms with van der Waals surface area (Å²) >= 11 is 0. The predicted octanol–water partition coefficient (Wildman–Crippen LogP) is 3.40. The summed E-state index contributed by atoms with van der Waals surface area (Å²) in [7, 11) is -2.10. The maximum absolute atomic E-state index is 13.0. The zero-order valence-electron chi connectivity index (χ0n) is 19.6. The van der Waals surface area contributed by atoms with E-state index in [2.05, 4.69) is 15.4 Å². The zero-order chi connectivity index (χ0) is 25.2. The monoisotopic (exact) mass is 494 g/mol. The standard InChI is InChI=1S/C25H26N4O5S/c1-4-34-23(30)15-35(32,33)19-10-8-17(9-11-19)16(2)27-25(31)22-14-21(28-29(22)3)20-7-5-6-18-12-13-26-24(18)20/h5-14,16,26H,4,15H2,1-3H3,(H,27,31). The van der Waals surface area contributed by atoms with Gasteiger partial charge in [0.2, 0.25) is 0 Å². The molecule has 0 aliphatic rings. The minimum absolute atomic E-state index is 0.0163. The highest BCUT2D eigenvalue weighted by Gasteiger charge is 2.22. The fraction of sp³-hybridized carbons (Fsp3) is 0.240. The first-order chi connectivity index (χ1) is 16.7. The number of aryl methyl sites for hydroxylation is 1. The Bertz CT molecular complexity index is 1490. The molecule has 2 N–H and O–H groups in total. The molecule has 2 aromatic heterocycles. The number of sulfone groups is 1. The number of benzene rings is 2. The van der Waals surface area contributed by atoms with Crippen LogP contribution in [-0.2, 0) is 26.4 Å². The number of ether oxygens (including phenoxy) is 1. The summed E-state index contributed by atoms with van der Waals surface area (Å²) in [5.74, 6) is -1.82. The normalized spacial score (nSPS) is 12.4. The van der Waals surface area contributed by atoms with Gasteiger partial charge in [0.05, 0.1) is 28.8 Å². The van der Waals surface area contributed by atoms with E-state index in [4.69, 9.17) is 4.74 Å². The molecule has 10 heteroatoms. The van der Waals surface area contributed by atoms with Gasteiger partial charge in [-0.3, -0.25) is 14.3 Å². The van der Waals surface area contributed by atoms with Crippen molar-refractivity contribution in [1.82, 2.24) is 20.1 Å². The first-order valence-corrected chi connectivity index (χ1v) is 12.7. The molecule has 0 bridgehead atoms. The molecule has 1 atom stereocenters. The molecular weight excluding hydrogens is 468 g/mol. The highest BCUT2D eigenvalue weighted by molar-refractivity contribution is 7.92. The number of carbonyl (C=O) groups is 2. The van der Waals surface area contributed by atoms with Gasteiger partial charge in [-0.15, -0.1) is 0 Å². The first-order valence-electron chi connectivity index (χ1n) is 11.1. The van der Waals surface area contributed by atoms with Crippen LogP contribution >= 0.6 is 0 Å². The van der Waals surface area contributed by atoms with Crippen molar-refractivity contribution in [1.29, 1.82) is 0 Å². The minimum Gasteiger partial charge on any atom is -0.465 e. The Kier molecular flexibility index (Phi) is 6.74. The molecule has 0 saturated heterocycles. The third kappa shape index (κ3) is 5.12. The molecule has 4 rings (SSSR count). The van der Waals surface area contributed by atoms with Crippen LogP contribution < -0.4 is 5.32 Å². The number of amides is 1. The number of hydrogen-bond donors (Lipinski definition) is 2. The number of rotatable bonds is 8. The topological polar surface area (TPSA) is 123 Å². The summed E-state index contributed by atoms with van der Waals surface area (Å²) in [6.07, 6.45) is 1.86. The fourth-order valence-corrected chi connectivity index (χ4v) is 4.98. The van der Waals surface area contributed by atoms with Crippen LogP contribution in [0.4, 0.5) is 0 Å². The van der Waals surface area contributed by atoms with Gasteiger partial charge in [0.25, 0.3) is 5.91 Å². The minimum atomic E-state index is -3.81. The number of esters is 1. The number of nitrogens with zero attached hydrogens (tertiary/aromatic N) is 2. The van der Waals surface area contributed by atoms with E-state index in [9.17, 15) is 18.0 Å². The van der Waals surface area contributed by atoms with Crippen molar-refractivity contribution in [3.8, 4) is 11.3 Å². The zero-order valence-corrected chi connectivity index (χ0v) is 20.4. The summed E-state index contributed by atoms with van der Waals surface area (Å²) < 4.78 is 31.1. The molecule has 1 unspecified atom stereocenters. The van der Waals surface area contributed by atoms with Crippen LogP contribution in [0, 0.1) is 0 Å². The molecule has 2 aromatic carbocycles. The van der Waals surface area contributed by atoms with Gasteiger partial charge in [0.1, 0.15) is 5.69 Å². The Balaban J connectivity index is 1.48. The van der Waals surface area contributed by atoms with Gasteiger partial charge in [-0.1, -0.05) is 30.3 Å². The number of aromatic nitrogens is 3. The lowest BCUT2D eigenvalue weighted by atomic mass is 10.1. The molecule has 0 fully saturated rings. The van der Waals surface area contributed by atoms with Gasteiger partial charge in [-0.25, -0.2) is 8.42 Å². The number of fused-ring (bicyclic) bond motifs is 1. The summed E-state index contributed by atoms with van der Waals surface area (Å²) in [5, 5.41) is 8.50.